The van der Waals surface area contributed by atoms with Crippen LogP contribution >= 0.6 is 23.2 Å². The summed E-state index contributed by atoms with van der Waals surface area (Å²) in [6.07, 6.45) is -0.625. The molecule has 2 aromatic rings. The molecule has 0 fully saturated rings. The highest BCUT2D eigenvalue weighted by atomic mass is 35.5. The van der Waals surface area contributed by atoms with E-state index in [-0.39, 0.29) is 22.5 Å². The Morgan fingerprint density at radius 3 is 2.73 bits per heavy atom. The lowest BCUT2D eigenvalue weighted by Crippen LogP contribution is -2.48. The van der Waals surface area contributed by atoms with Crippen molar-refractivity contribution in [3.05, 3.63) is 36.8 Å². The summed E-state index contributed by atoms with van der Waals surface area (Å²) in [5.74, 6) is -0.226. The Bertz CT molecular complexity index is 918. The number of likely N-dealkylation sites (N-methyl/N-ethyl adjacent to an activating group) is 1. The minimum Gasteiger partial charge on any atom is -0.378 e. The summed E-state index contributed by atoms with van der Waals surface area (Å²) in [5, 5.41) is 3.60. The Hall–Kier alpha value is -1.99. The first-order valence-corrected chi connectivity index (χ1v) is 7.22. The van der Waals surface area contributed by atoms with Crippen LogP contribution in [0.25, 0.3) is 11.0 Å². The number of nitrogens with one attached hydrogen (secondary N) is 2. The molecule has 0 radical (unpaired) electrons. The maximum Gasteiger partial charge on any atom is 0.318 e. The standard InChI is InChI=1S/C13H12Cl2N4O3/c1-5(20)18(2)8-4-16-10-9(15)6(14)3-7-11(10)19(8)13(22)12(21)17-7/h3,8,16H,4H2,1-2H3,(H,17,21). The molecule has 1 aliphatic rings. The van der Waals surface area contributed by atoms with Crippen molar-refractivity contribution < 1.29 is 4.79 Å². The molecule has 1 aliphatic heterocycles. The molecule has 1 aromatic heterocycles. The largest absolute Gasteiger partial charge is 0.378 e. The molecular formula is C13H12Cl2N4O3. The van der Waals surface area contributed by atoms with Crippen molar-refractivity contribution in [1.29, 1.82) is 0 Å². The third-order valence-corrected chi connectivity index (χ3v) is 4.58. The van der Waals surface area contributed by atoms with E-state index in [1.807, 2.05) is 0 Å². The number of aromatic amines is 1. The van der Waals surface area contributed by atoms with Crippen molar-refractivity contribution in [3.8, 4) is 0 Å². The van der Waals surface area contributed by atoms with Gasteiger partial charge in [0.2, 0.25) is 5.91 Å². The number of amides is 1. The monoisotopic (exact) mass is 342 g/mol. The zero-order valence-corrected chi connectivity index (χ0v) is 13.2. The van der Waals surface area contributed by atoms with Crippen LogP contribution in [0.1, 0.15) is 13.1 Å². The maximum absolute atomic E-state index is 12.3. The van der Waals surface area contributed by atoms with Crippen LogP contribution in [0.4, 0.5) is 5.69 Å². The molecule has 0 bridgehead atoms. The van der Waals surface area contributed by atoms with Gasteiger partial charge in [0.25, 0.3) is 0 Å². The Labute approximate surface area is 134 Å². The Morgan fingerprint density at radius 1 is 1.41 bits per heavy atom. The summed E-state index contributed by atoms with van der Waals surface area (Å²) in [4.78, 5) is 39.7. The summed E-state index contributed by atoms with van der Waals surface area (Å²) < 4.78 is 1.28. The fraction of sp³-hybridized carbons (Fsp3) is 0.308. The van der Waals surface area contributed by atoms with Crippen molar-refractivity contribution in [2.75, 3.05) is 18.9 Å². The first-order valence-electron chi connectivity index (χ1n) is 6.46. The molecule has 1 aromatic carbocycles. The number of hydrogen-bond donors (Lipinski definition) is 2. The van der Waals surface area contributed by atoms with Crippen LogP contribution in [-0.2, 0) is 4.79 Å². The number of rotatable bonds is 1. The van der Waals surface area contributed by atoms with E-state index >= 15 is 0 Å². The van der Waals surface area contributed by atoms with Crippen LogP contribution < -0.4 is 16.4 Å². The van der Waals surface area contributed by atoms with Crippen LogP contribution in [-0.4, -0.2) is 34.0 Å². The molecule has 1 unspecified atom stereocenters. The second kappa shape index (κ2) is 5.03. The van der Waals surface area contributed by atoms with Crippen LogP contribution in [0, 0.1) is 0 Å². The first kappa shape index (κ1) is 14.9. The van der Waals surface area contributed by atoms with Gasteiger partial charge in [0.15, 0.2) is 0 Å². The van der Waals surface area contributed by atoms with Crippen LogP contribution in [0.5, 0.6) is 0 Å². The van der Waals surface area contributed by atoms with Gasteiger partial charge in [0.05, 0.1) is 33.3 Å². The molecule has 0 spiro atoms. The average Bonchev–Trinajstić information content (AvgIpc) is 2.48. The lowest BCUT2D eigenvalue weighted by Gasteiger charge is -2.34. The minimum atomic E-state index is -0.777. The van der Waals surface area contributed by atoms with Gasteiger partial charge in [-0.1, -0.05) is 23.2 Å². The van der Waals surface area contributed by atoms with Crippen molar-refractivity contribution in [1.82, 2.24) is 14.5 Å². The SMILES string of the molecule is CC(=O)N(C)C1CNc2c(Cl)c(Cl)cc3[nH]c(=O)c(=O)n1c23. The lowest BCUT2D eigenvalue weighted by molar-refractivity contribution is -0.131. The molecule has 2 N–H and O–H groups in total. The van der Waals surface area contributed by atoms with E-state index < -0.39 is 17.3 Å². The van der Waals surface area contributed by atoms with E-state index in [0.29, 0.717) is 16.7 Å². The summed E-state index contributed by atoms with van der Waals surface area (Å²) >= 11 is 12.2. The van der Waals surface area contributed by atoms with Gasteiger partial charge in [0, 0.05) is 14.0 Å². The van der Waals surface area contributed by atoms with Crippen molar-refractivity contribution in [2.24, 2.45) is 0 Å². The summed E-state index contributed by atoms with van der Waals surface area (Å²) in [6.45, 7) is 1.63. The molecule has 0 aliphatic carbocycles. The van der Waals surface area contributed by atoms with Gasteiger partial charge >= 0.3 is 11.1 Å². The fourth-order valence-electron chi connectivity index (χ4n) is 2.60. The highest BCUT2D eigenvalue weighted by Crippen LogP contribution is 2.39. The fourth-order valence-corrected chi connectivity index (χ4v) is 3.01. The number of benzene rings is 1. The molecule has 22 heavy (non-hydrogen) atoms. The van der Waals surface area contributed by atoms with Crippen molar-refractivity contribution in [2.45, 2.75) is 13.1 Å². The van der Waals surface area contributed by atoms with Crippen molar-refractivity contribution in [3.63, 3.8) is 0 Å². The van der Waals surface area contributed by atoms with E-state index in [9.17, 15) is 14.4 Å². The van der Waals surface area contributed by atoms with Crippen LogP contribution in [0.15, 0.2) is 15.7 Å². The van der Waals surface area contributed by atoms with Gasteiger partial charge in [-0.3, -0.25) is 19.0 Å². The number of aromatic nitrogens is 2. The van der Waals surface area contributed by atoms with Gasteiger partial charge < -0.3 is 15.2 Å². The zero-order chi connectivity index (χ0) is 16.2. The van der Waals surface area contributed by atoms with Crippen molar-refractivity contribution >= 4 is 45.8 Å². The molecule has 2 heterocycles. The number of halogens is 2. The smallest absolute Gasteiger partial charge is 0.318 e. The van der Waals surface area contributed by atoms with Crippen LogP contribution in [0.2, 0.25) is 10.0 Å². The number of anilines is 1. The molecule has 0 saturated carbocycles. The lowest BCUT2D eigenvalue weighted by atomic mass is 10.2. The van der Waals surface area contributed by atoms with Gasteiger partial charge in [-0.2, -0.15) is 0 Å². The Balaban J connectivity index is 2.46. The molecule has 1 atom stereocenters. The second-order valence-electron chi connectivity index (χ2n) is 5.06. The summed E-state index contributed by atoms with van der Waals surface area (Å²) in [5.41, 5.74) is -0.260. The van der Waals surface area contributed by atoms with E-state index in [0.717, 1.165) is 0 Å². The number of carbonyl (C=O) groups is 1. The van der Waals surface area contributed by atoms with E-state index in [2.05, 4.69) is 10.3 Å². The molecule has 1 amide bonds. The third-order valence-electron chi connectivity index (χ3n) is 3.80. The number of carbonyl (C=O) groups excluding carboxylic acids is 1. The third kappa shape index (κ3) is 2.00. The topological polar surface area (TPSA) is 87.2 Å². The molecule has 3 rings (SSSR count). The first-order chi connectivity index (χ1) is 10.3. The number of hydrogen-bond acceptors (Lipinski definition) is 4. The second-order valence-corrected chi connectivity index (χ2v) is 5.85. The van der Waals surface area contributed by atoms with Gasteiger partial charge in [-0.25, -0.2) is 0 Å². The van der Waals surface area contributed by atoms with Gasteiger partial charge in [-0.05, 0) is 6.07 Å². The number of H-pyrrole nitrogens is 1. The predicted octanol–water partition coefficient (Wildman–Crippen LogP) is 1.40. The molecule has 0 saturated heterocycles. The average molecular weight is 343 g/mol. The Morgan fingerprint density at radius 2 is 2.09 bits per heavy atom. The van der Waals surface area contributed by atoms with E-state index in [4.69, 9.17) is 23.2 Å². The predicted molar refractivity (Wildman–Crippen MR) is 84.8 cm³/mol. The molecule has 9 heteroatoms. The highest BCUT2D eigenvalue weighted by molar-refractivity contribution is 6.45. The highest BCUT2D eigenvalue weighted by Gasteiger charge is 2.30. The zero-order valence-electron chi connectivity index (χ0n) is 11.7. The van der Waals surface area contributed by atoms with Gasteiger partial charge in [-0.15, -0.1) is 0 Å². The quantitative estimate of drug-likeness (QED) is 0.767. The van der Waals surface area contributed by atoms with E-state index in [1.165, 1.54) is 22.5 Å². The minimum absolute atomic E-state index is 0.226. The molecule has 116 valence electrons. The van der Waals surface area contributed by atoms with Crippen LogP contribution in [0.3, 0.4) is 0 Å². The summed E-state index contributed by atoms with van der Waals surface area (Å²) in [7, 11) is 1.57. The van der Waals surface area contributed by atoms with E-state index in [1.54, 1.807) is 7.05 Å². The normalized spacial score (nSPS) is 16.5. The molecular weight excluding hydrogens is 331 g/mol. The number of nitrogens with zero attached hydrogens (tertiary/aromatic N) is 2. The van der Waals surface area contributed by atoms with Gasteiger partial charge in [0.1, 0.15) is 6.17 Å². The maximum atomic E-state index is 12.3. The molecule has 7 nitrogen and oxygen atoms in total. The summed E-state index contributed by atoms with van der Waals surface area (Å²) in [6, 6.07) is 1.48. The Kier molecular flexibility index (Phi) is 3.41.